The van der Waals surface area contributed by atoms with E-state index in [1.165, 1.54) is 12.8 Å². The topological polar surface area (TPSA) is 49.3 Å². The van der Waals surface area contributed by atoms with Crippen LogP contribution in [0.2, 0.25) is 5.02 Å². The molecule has 19 heavy (non-hydrogen) atoms. The first kappa shape index (κ1) is 14.5. The number of halogens is 1. The van der Waals surface area contributed by atoms with Crippen molar-refractivity contribution in [3.05, 3.63) is 28.8 Å². The number of hydrogen-bond donors (Lipinski definition) is 2. The zero-order chi connectivity index (χ0) is 13.8. The van der Waals surface area contributed by atoms with Crippen LogP contribution < -0.4 is 5.32 Å². The monoisotopic (exact) mass is 299 g/mol. The van der Waals surface area contributed by atoms with Gasteiger partial charge < -0.3 is 10.4 Å². The number of hydrogen-bond acceptors (Lipinski definition) is 3. The molecule has 0 aliphatic heterocycles. The molecular formula is C14H18ClNO2S. The van der Waals surface area contributed by atoms with E-state index < -0.39 is 5.97 Å². The van der Waals surface area contributed by atoms with Crippen molar-refractivity contribution in [2.24, 2.45) is 0 Å². The minimum Gasteiger partial charge on any atom is -0.478 e. The van der Waals surface area contributed by atoms with Gasteiger partial charge in [0.25, 0.3) is 0 Å². The fourth-order valence-corrected chi connectivity index (χ4v) is 3.46. The van der Waals surface area contributed by atoms with Crippen molar-refractivity contribution >= 4 is 35.0 Å². The summed E-state index contributed by atoms with van der Waals surface area (Å²) < 4.78 is 0. The first-order valence-corrected chi connectivity index (χ1v) is 8.09. The van der Waals surface area contributed by atoms with E-state index in [0.717, 1.165) is 23.8 Å². The second-order valence-electron chi connectivity index (χ2n) is 4.85. The molecule has 0 heterocycles. The number of anilines is 1. The molecule has 1 aromatic carbocycles. The average molecular weight is 300 g/mol. The number of nitrogens with one attached hydrogen (secondary N) is 1. The first-order valence-electron chi connectivity index (χ1n) is 6.42. The van der Waals surface area contributed by atoms with Crippen molar-refractivity contribution in [1.29, 1.82) is 0 Å². The number of carbonyl (C=O) groups is 1. The van der Waals surface area contributed by atoms with Gasteiger partial charge in [-0.2, -0.15) is 11.8 Å². The Morgan fingerprint density at radius 3 is 2.58 bits per heavy atom. The summed E-state index contributed by atoms with van der Waals surface area (Å²) in [6.45, 7) is 0. The molecule has 0 unspecified atom stereocenters. The standard InChI is InChI=1S/C14H18ClNO2S/c1-19-11-5-2-9(3-6-11)16-10-4-7-12(14(17)18)13(15)8-10/h4,7-9,11,16H,2-3,5-6H2,1H3,(H,17,18). The molecule has 3 nitrogen and oxygen atoms in total. The van der Waals surface area contributed by atoms with Crippen LogP contribution >= 0.6 is 23.4 Å². The summed E-state index contributed by atoms with van der Waals surface area (Å²) in [6.07, 6.45) is 6.95. The molecule has 1 saturated carbocycles. The summed E-state index contributed by atoms with van der Waals surface area (Å²) in [5, 5.41) is 13.4. The molecule has 104 valence electrons. The number of thioether (sulfide) groups is 1. The van der Waals surface area contributed by atoms with E-state index in [-0.39, 0.29) is 10.6 Å². The van der Waals surface area contributed by atoms with Gasteiger partial charge >= 0.3 is 5.97 Å². The van der Waals surface area contributed by atoms with Crippen LogP contribution in [0.3, 0.4) is 0 Å². The molecule has 1 aliphatic rings. The third-order valence-corrected chi connectivity index (χ3v) is 5.03. The summed E-state index contributed by atoms with van der Waals surface area (Å²) >= 11 is 7.91. The van der Waals surface area contributed by atoms with Crippen molar-refractivity contribution in [3.63, 3.8) is 0 Å². The minimum absolute atomic E-state index is 0.151. The minimum atomic E-state index is -0.989. The Morgan fingerprint density at radius 1 is 1.37 bits per heavy atom. The van der Waals surface area contributed by atoms with Crippen LogP contribution in [0, 0.1) is 0 Å². The quantitative estimate of drug-likeness (QED) is 0.878. The summed E-state index contributed by atoms with van der Waals surface area (Å²) in [5.41, 5.74) is 1.06. The summed E-state index contributed by atoms with van der Waals surface area (Å²) in [5.74, 6) is -0.989. The van der Waals surface area contributed by atoms with Crippen molar-refractivity contribution in [2.45, 2.75) is 37.0 Å². The van der Waals surface area contributed by atoms with Gasteiger partial charge in [-0.3, -0.25) is 0 Å². The molecule has 0 bridgehead atoms. The van der Waals surface area contributed by atoms with E-state index in [1.807, 2.05) is 11.8 Å². The number of carboxylic acids is 1. The van der Waals surface area contributed by atoms with Crippen LogP contribution in [0.5, 0.6) is 0 Å². The molecule has 0 saturated heterocycles. The van der Waals surface area contributed by atoms with Gasteiger partial charge in [0.15, 0.2) is 0 Å². The smallest absolute Gasteiger partial charge is 0.337 e. The lowest BCUT2D eigenvalue weighted by molar-refractivity contribution is 0.0697. The largest absolute Gasteiger partial charge is 0.478 e. The van der Waals surface area contributed by atoms with Crippen LogP contribution in [0.15, 0.2) is 18.2 Å². The molecule has 2 rings (SSSR count). The van der Waals surface area contributed by atoms with Crippen molar-refractivity contribution in [1.82, 2.24) is 0 Å². The van der Waals surface area contributed by atoms with Gasteiger partial charge in [0.05, 0.1) is 10.6 Å². The van der Waals surface area contributed by atoms with Gasteiger partial charge in [-0.25, -0.2) is 4.79 Å². The number of rotatable bonds is 4. The van der Waals surface area contributed by atoms with Crippen molar-refractivity contribution < 1.29 is 9.90 Å². The average Bonchev–Trinajstić information content (AvgIpc) is 2.39. The maximum Gasteiger partial charge on any atom is 0.337 e. The molecule has 0 aromatic heterocycles. The first-order chi connectivity index (χ1) is 9.10. The van der Waals surface area contributed by atoms with Gasteiger partial charge in [-0.15, -0.1) is 0 Å². The van der Waals surface area contributed by atoms with E-state index in [0.29, 0.717) is 6.04 Å². The fourth-order valence-electron chi connectivity index (χ4n) is 2.46. The Kier molecular flexibility index (Phi) is 4.99. The highest BCUT2D eigenvalue weighted by Crippen LogP contribution is 2.29. The molecule has 5 heteroatoms. The van der Waals surface area contributed by atoms with E-state index >= 15 is 0 Å². The normalized spacial score (nSPS) is 23.1. The molecule has 0 spiro atoms. The molecule has 1 fully saturated rings. The second kappa shape index (κ2) is 6.53. The molecule has 1 aromatic rings. The molecule has 0 amide bonds. The van der Waals surface area contributed by atoms with Crippen molar-refractivity contribution in [2.75, 3.05) is 11.6 Å². The highest BCUT2D eigenvalue weighted by atomic mass is 35.5. The Hall–Kier alpha value is -0.870. The van der Waals surface area contributed by atoms with E-state index in [1.54, 1.807) is 18.2 Å². The predicted octanol–water partition coefficient (Wildman–Crippen LogP) is 4.12. The summed E-state index contributed by atoms with van der Waals surface area (Å²) in [7, 11) is 0. The summed E-state index contributed by atoms with van der Waals surface area (Å²) in [6, 6.07) is 5.51. The van der Waals surface area contributed by atoms with Crippen LogP contribution in [-0.4, -0.2) is 28.6 Å². The third kappa shape index (κ3) is 3.80. The lowest BCUT2D eigenvalue weighted by Gasteiger charge is -2.28. The maximum atomic E-state index is 10.9. The fraction of sp³-hybridized carbons (Fsp3) is 0.500. The van der Waals surface area contributed by atoms with Crippen LogP contribution in [0.25, 0.3) is 0 Å². The van der Waals surface area contributed by atoms with E-state index in [2.05, 4.69) is 11.6 Å². The third-order valence-electron chi connectivity index (χ3n) is 3.58. The lowest BCUT2D eigenvalue weighted by Crippen LogP contribution is -2.27. The Balaban J connectivity index is 1.97. The Bertz CT molecular complexity index is 459. The second-order valence-corrected chi connectivity index (χ2v) is 6.40. The Morgan fingerprint density at radius 2 is 2.05 bits per heavy atom. The molecule has 0 radical (unpaired) electrons. The van der Waals surface area contributed by atoms with Gasteiger partial charge in [0.1, 0.15) is 0 Å². The number of aromatic carboxylic acids is 1. The van der Waals surface area contributed by atoms with Gasteiger partial charge in [0, 0.05) is 17.0 Å². The number of benzene rings is 1. The molecule has 1 aliphatic carbocycles. The SMILES string of the molecule is CSC1CCC(Nc2ccc(C(=O)O)c(Cl)c2)CC1. The van der Waals surface area contributed by atoms with E-state index in [9.17, 15) is 4.79 Å². The zero-order valence-electron chi connectivity index (χ0n) is 10.9. The van der Waals surface area contributed by atoms with Crippen LogP contribution in [-0.2, 0) is 0 Å². The maximum absolute atomic E-state index is 10.9. The summed E-state index contributed by atoms with van der Waals surface area (Å²) in [4.78, 5) is 10.9. The lowest BCUT2D eigenvalue weighted by atomic mass is 9.95. The predicted molar refractivity (Wildman–Crippen MR) is 81.6 cm³/mol. The van der Waals surface area contributed by atoms with E-state index in [4.69, 9.17) is 16.7 Å². The van der Waals surface area contributed by atoms with Crippen LogP contribution in [0.1, 0.15) is 36.0 Å². The highest BCUT2D eigenvalue weighted by Gasteiger charge is 2.20. The van der Waals surface area contributed by atoms with Gasteiger partial charge in [-0.1, -0.05) is 11.6 Å². The highest BCUT2D eigenvalue weighted by molar-refractivity contribution is 7.99. The van der Waals surface area contributed by atoms with Gasteiger partial charge in [-0.05, 0) is 50.1 Å². The zero-order valence-corrected chi connectivity index (χ0v) is 12.4. The number of carboxylic acid groups (broad SMARTS) is 1. The molecule has 0 atom stereocenters. The molecule has 2 N–H and O–H groups in total. The Labute approximate surface area is 122 Å². The van der Waals surface area contributed by atoms with Crippen molar-refractivity contribution in [3.8, 4) is 0 Å². The van der Waals surface area contributed by atoms with Gasteiger partial charge in [0.2, 0.25) is 0 Å². The van der Waals surface area contributed by atoms with Crippen LogP contribution in [0.4, 0.5) is 5.69 Å². The molecular weight excluding hydrogens is 282 g/mol.